The first kappa shape index (κ1) is 33.4. The number of amides is 1. The lowest BCUT2D eigenvalue weighted by atomic mass is 9.88. The molecule has 5 aromatic rings. The van der Waals surface area contributed by atoms with Crippen molar-refractivity contribution in [1.29, 1.82) is 0 Å². The zero-order chi connectivity index (χ0) is 35.7. The number of rotatable bonds is 9. The lowest BCUT2D eigenvalue weighted by Crippen LogP contribution is -2.48. The third kappa shape index (κ3) is 5.64. The molecule has 9 rings (SSSR count). The predicted molar refractivity (Wildman–Crippen MR) is 196 cm³/mol. The summed E-state index contributed by atoms with van der Waals surface area (Å²) < 4.78 is 44.7. The minimum Gasteiger partial charge on any atom is -0.609 e. The largest absolute Gasteiger partial charge is 0.609 e. The highest BCUT2D eigenvalue weighted by atomic mass is 32.2. The normalized spacial score (nSPS) is 22.1. The second kappa shape index (κ2) is 13.2. The number of fused-ring (bicyclic) bond motifs is 4. The molecule has 13 heteroatoms. The van der Waals surface area contributed by atoms with E-state index in [-0.39, 0.29) is 41.8 Å². The number of benzene rings is 3. The number of carbonyl (C=O) groups is 1. The quantitative estimate of drug-likeness (QED) is 0.123. The molecule has 4 aliphatic rings. The fraction of sp³-hybridized carbons (Fsp3) is 0.436. The number of halogens is 1. The standard InChI is InChI=1S/C39H41FN6O5S/c1-3-52(49)38-42-35-28(37(43-38)44-19-26-15-25(44)20-45(26)39(47)48)16-27(24-12-13-24)34(36(35)51-21-23-9-5-4-6-10-23)33-22(2)30(40)17-31-29(33)18-41-46(31)32-11-7-8-14-50-32/h4-6,9-10,16-18,24-26,32H,3,7-8,11-15,19-21H2,1-2H3,(H,47,48)/t25-,26-,32?,52?/m0/s1. The van der Waals surface area contributed by atoms with Crippen molar-refractivity contribution in [3.63, 3.8) is 0 Å². The fourth-order valence-corrected chi connectivity index (χ4v) is 9.04. The van der Waals surface area contributed by atoms with Gasteiger partial charge < -0.3 is 28.9 Å². The maximum absolute atomic E-state index is 16.3. The molecular weight excluding hydrogens is 684 g/mol. The van der Waals surface area contributed by atoms with E-state index in [4.69, 9.17) is 24.5 Å². The average Bonchev–Trinajstić information content (AvgIpc) is 3.60. The van der Waals surface area contributed by atoms with Crippen molar-refractivity contribution in [1.82, 2.24) is 24.6 Å². The van der Waals surface area contributed by atoms with Crippen LogP contribution in [0.2, 0.25) is 0 Å². The van der Waals surface area contributed by atoms with Gasteiger partial charge in [-0.3, -0.25) is 0 Å². The van der Waals surface area contributed by atoms with E-state index < -0.39 is 17.3 Å². The first-order valence-electron chi connectivity index (χ1n) is 18.3. The summed E-state index contributed by atoms with van der Waals surface area (Å²) in [5, 5.41) is 16.4. The number of nitrogens with zero attached hydrogens (tertiary/aromatic N) is 6. The Labute approximate surface area is 303 Å². The molecule has 0 radical (unpaired) electrons. The third-order valence-electron chi connectivity index (χ3n) is 11.2. The number of aromatic nitrogens is 4. The second-order valence-electron chi connectivity index (χ2n) is 14.4. The van der Waals surface area contributed by atoms with Crippen LogP contribution in [0.5, 0.6) is 5.75 Å². The molecule has 2 bridgehead atoms. The first-order chi connectivity index (χ1) is 25.3. The van der Waals surface area contributed by atoms with Crippen molar-refractivity contribution in [2.24, 2.45) is 0 Å². The van der Waals surface area contributed by atoms with Gasteiger partial charge in [0.1, 0.15) is 29.5 Å². The van der Waals surface area contributed by atoms with Crippen molar-refractivity contribution in [2.45, 2.75) is 88.4 Å². The van der Waals surface area contributed by atoms with Gasteiger partial charge in [-0.25, -0.2) is 13.9 Å². The molecule has 52 heavy (non-hydrogen) atoms. The second-order valence-corrected chi connectivity index (χ2v) is 16.0. The van der Waals surface area contributed by atoms with E-state index in [1.54, 1.807) is 13.0 Å². The van der Waals surface area contributed by atoms with Gasteiger partial charge in [0.25, 0.3) is 0 Å². The van der Waals surface area contributed by atoms with E-state index in [1.807, 2.05) is 48.1 Å². The van der Waals surface area contributed by atoms with E-state index in [2.05, 4.69) is 11.0 Å². The lowest BCUT2D eigenvalue weighted by molar-refractivity contribution is -0.0366. The number of ether oxygens (including phenoxy) is 2. The highest BCUT2D eigenvalue weighted by molar-refractivity contribution is 7.91. The van der Waals surface area contributed by atoms with E-state index in [9.17, 15) is 14.5 Å². The minimum absolute atomic E-state index is 0.0715. The molecule has 11 nitrogen and oxygen atoms in total. The molecule has 1 aliphatic carbocycles. The van der Waals surface area contributed by atoms with Gasteiger partial charge in [0, 0.05) is 58.8 Å². The van der Waals surface area contributed by atoms with Gasteiger partial charge in [-0.05, 0) is 81.0 Å². The summed E-state index contributed by atoms with van der Waals surface area (Å²) >= 11 is -1.50. The number of anilines is 1. The fourth-order valence-electron chi connectivity index (χ4n) is 8.40. The Bertz CT molecular complexity index is 2190. The van der Waals surface area contributed by atoms with E-state index in [0.29, 0.717) is 65.6 Å². The van der Waals surface area contributed by atoms with Crippen LogP contribution in [0.3, 0.4) is 0 Å². The average molecular weight is 725 g/mol. The topological polar surface area (TPSA) is 129 Å². The molecule has 1 N–H and O–H groups in total. The van der Waals surface area contributed by atoms with Gasteiger partial charge in [0.2, 0.25) is 0 Å². The van der Waals surface area contributed by atoms with Gasteiger partial charge in [-0.1, -0.05) is 30.3 Å². The molecule has 3 aromatic carbocycles. The molecule has 2 unspecified atom stereocenters. The Kier molecular flexibility index (Phi) is 8.47. The van der Waals surface area contributed by atoms with Crippen molar-refractivity contribution >= 4 is 44.9 Å². The summed E-state index contributed by atoms with van der Waals surface area (Å²) in [6, 6.07) is 13.4. The van der Waals surface area contributed by atoms with E-state index >= 15 is 4.39 Å². The van der Waals surface area contributed by atoms with Crippen LogP contribution >= 0.6 is 0 Å². The Morgan fingerprint density at radius 3 is 2.60 bits per heavy atom. The van der Waals surface area contributed by atoms with Gasteiger partial charge in [-0.2, -0.15) is 15.1 Å². The Balaban J connectivity index is 1.31. The van der Waals surface area contributed by atoms with Crippen LogP contribution in [-0.4, -0.2) is 77.9 Å². The lowest BCUT2D eigenvalue weighted by Gasteiger charge is -2.34. The maximum atomic E-state index is 16.3. The number of piperazine rings is 1. The van der Waals surface area contributed by atoms with Crippen molar-refractivity contribution < 1.29 is 28.3 Å². The van der Waals surface area contributed by atoms with Gasteiger partial charge in [-0.15, -0.1) is 0 Å². The molecule has 270 valence electrons. The summed E-state index contributed by atoms with van der Waals surface area (Å²) in [7, 11) is 0. The molecule has 1 amide bonds. The number of carboxylic acid groups (broad SMARTS) is 1. The molecular formula is C39H41FN6O5S. The molecule has 4 fully saturated rings. The molecule has 1 saturated carbocycles. The minimum atomic E-state index is -1.50. The Morgan fingerprint density at radius 2 is 1.90 bits per heavy atom. The van der Waals surface area contributed by atoms with Crippen LogP contribution in [0.25, 0.3) is 32.9 Å². The summed E-state index contributed by atoms with van der Waals surface area (Å²) in [5.41, 5.74) is 5.12. The number of hydrogen-bond donors (Lipinski definition) is 1. The monoisotopic (exact) mass is 724 g/mol. The third-order valence-corrected chi connectivity index (χ3v) is 12.3. The number of likely N-dealkylation sites (tertiary alicyclic amines) is 1. The van der Waals surface area contributed by atoms with Gasteiger partial charge in [0.05, 0.1) is 23.8 Å². The zero-order valence-electron chi connectivity index (χ0n) is 29.3. The Hall–Kier alpha value is -4.46. The maximum Gasteiger partial charge on any atom is 0.407 e. The molecule has 3 aliphatic heterocycles. The molecule has 2 aromatic heterocycles. The van der Waals surface area contributed by atoms with Crippen LogP contribution in [0, 0.1) is 12.7 Å². The van der Waals surface area contributed by atoms with Crippen LogP contribution in [0.15, 0.2) is 53.8 Å². The molecule has 5 heterocycles. The van der Waals surface area contributed by atoms with E-state index in [1.165, 1.54) is 4.90 Å². The van der Waals surface area contributed by atoms with Crippen molar-refractivity contribution in [3.05, 3.63) is 71.2 Å². The van der Waals surface area contributed by atoms with Crippen LogP contribution < -0.4 is 9.64 Å². The molecule has 0 spiro atoms. The smallest absolute Gasteiger partial charge is 0.407 e. The number of hydrogen-bond acceptors (Lipinski definition) is 8. The zero-order valence-corrected chi connectivity index (χ0v) is 30.1. The van der Waals surface area contributed by atoms with Crippen molar-refractivity contribution in [3.8, 4) is 16.9 Å². The van der Waals surface area contributed by atoms with Gasteiger partial charge in [0.15, 0.2) is 12.0 Å². The summed E-state index contributed by atoms with van der Waals surface area (Å²) in [6.45, 7) is 5.36. The highest BCUT2D eigenvalue weighted by Gasteiger charge is 2.47. The molecule has 3 saturated heterocycles. The van der Waals surface area contributed by atoms with Crippen LogP contribution in [0.1, 0.15) is 74.3 Å². The van der Waals surface area contributed by atoms with Crippen molar-refractivity contribution in [2.75, 3.05) is 30.3 Å². The SMILES string of the molecule is CC[S+]([O-])c1nc(N2C[C@@H]3C[C@H]2CN3C(=O)O)c2cc(C3CC3)c(-c3c(C)c(F)cc4c3cnn4C3CCCCO3)c(OCc3ccccc3)c2n1. The van der Waals surface area contributed by atoms with Crippen LogP contribution in [-0.2, 0) is 22.5 Å². The highest BCUT2D eigenvalue weighted by Crippen LogP contribution is 2.54. The summed E-state index contributed by atoms with van der Waals surface area (Å²) in [4.78, 5) is 25.6. The predicted octanol–water partition coefficient (Wildman–Crippen LogP) is 7.32. The first-order valence-corrected chi connectivity index (χ1v) is 19.6. The summed E-state index contributed by atoms with van der Waals surface area (Å²) in [5.74, 6) is 1.32. The van der Waals surface area contributed by atoms with Gasteiger partial charge >= 0.3 is 11.2 Å². The van der Waals surface area contributed by atoms with Crippen LogP contribution in [0.4, 0.5) is 15.0 Å². The molecule has 4 atom stereocenters. The van der Waals surface area contributed by atoms with E-state index in [0.717, 1.165) is 59.6 Å². The summed E-state index contributed by atoms with van der Waals surface area (Å²) in [6.07, 6.45) is 6.07. The Morgan fingerprint density at radius 1 is 1.08 bits per heavy atom.